The molecule has 0 spiro atoms. The monoisotopic (exact) mass is 323 g/mol. The van der Waals surface area contributed by atoms with Gasteiger partial charge < -0.3 is 5.32 Å². The van der Waals surface area contributed by atoms with E-state index in [1.807, 2.05) is 12.1 Å². The first-order valence-corrected chi connectivity index (χ1v) is 7.70. The van der Waals surface area contributed by atoms with Gasteiger partial charge in [-0.3, -0.25) is 9.69 Å². The van der Waals surface area contributed by atoms with Gasteiger partial charge in [-0.05, 0) is 53.9 Å². The lowest BCUT2D eigenvalue weighted by Gasteiger charge is -2.32. The maximum Gasteiger partial charge on any atom is 0.271 e. The predicted molar refractivity (Wildman–Crippen MR) is 77.0 cm³/mol. The second-order valence-corrected chi connectivity index (χ2v) is 6.16. The number of nitrogens with zero attached hydrogens (tertiary/aromatic N) is 2. The predicted octanol–water partition coefficient (Wildman–Crippen LogP) is 2.20. The molecule has 2 unspecified atom stereocenters. The third kappa shape index (κ3) is 2.67. The number of nitrogens with one attached hydrogen (secondary N) is 1. The van der Waals surface area contributed by atoms with Gasteiger partial charge in [-0.25, -0.2) is 4.98 Å². The Morgan fingerprint density at radius 3 is 3.11 bits per heavy atom. The van der Waals surface area contributed by atoms with Crippen molar-refractivity contribution in [2.24, 2.45) is 0 Å². The van der Waals surface area contributed by atoms with Gasteiger partial charge in [-0.2, -0.15) is 0 Å². The van der Waals surface area contributed by atoms with Gasteiger partial charge in [0.05, 0.1) is 0 Å². The maximum atomic E-state index is 12.3. The Balaban J connectivity index is 1.68. The molecule has 4 nitrogen and oxygen atoms in total. The summed E-state index contributed by atoms with van der Waals surface area (Å²) >= 11 is 3.38. The maximum absolute atomic E-state index is 12.3. The van der Waals surface area contributed by atoms with E-state index in [1.165, 1.54) is 25.8 Å². The highest BCUT2D eigenvalue weighted by molar-refractivity contribution is 9.10. The molecule has 0 radical (unpaired) electrons. The van der Waals surface area contributed by atoms with Gasteiger partial charge in [0.15, 0.2) is 0 Å². The first-order valence-electron chi connectivity index (χ1n) is 6.91. The van der Waals surface area contributed by atoms with Crippen LogP contribution in [0.15, 0.2) is 22.8 Å². The van der Waals surface area contributed by atoms with Crippen LogP contribution in [0.1, 0.15) is 36.2 Å². The van der Waals surface area contributed by atoms with Crippen LogP contribution in [0.25, 0.3) is 0 Å². The minimum Gasteiger partial charge on any atom is -0.346 e. The van der Waals surface area contributed by atoms with Crippen molar-refractivity contribution in [1.82, 2.24) is 15.2 Å². The minimum atomic E-state index is -0.0649. The van der Waals surface area contributed by atoms with Gasteiger partial charge in [0, 0.05) is 29.3 Å². The molecule has 19 heavy (non-hydrogen) atoms. The highest BCUT2D eigenvalue weighted by Crippen LogP contribution is 2.27. The van der Waals surface area contributed by atoms with E-state index < -0.39 is 0 Å². The van der Waals surface area contributed by atoms with Crippen molar-refractivity contribution >= 4 is 21.8 Å². The molecule has 1 N–H and O–H groups in total. The van der Waals surface area contributed by atoms with Crippen molar-refractivity contribution in [3.63, 3.8) is 0 Å². The first-order chi connectivity index (χ1) is 9.25. The average molecular weight is 324 g/mol. The van der Waals surface area contributed by atoms with E-state index >= 15 is 0 Å². The van der Waals surface area contributed by atoms with Crippen LogP contribution in [0, 0.1) is 0 Å². The average Bonchev–Trinajstić information content (AvgIpc) is 2.83. The molecular weight excluding hydrogens is 306 g/mol. The Labute approximate surface area is 121 Å². The van der Waals surface area contributed by atoms with Crippen molar-refractivity contribution in [3.8, 4) is 0 Å². The molecular formula is C14H18BrN3O. The molecule has 0 bridgehead atoms. The molecule has 2 aliphatic rings. The van der Waals surface area contributed by atoms with E-state index in [-0.39, 0.29) is 11.9 Å². The van der Waals surface area contributed by atoms with Crippen molar-refractivity contribution in [3.05, 3.63) is 28.5 Å². The number of aromatic nitrogens is 1. The lowest BCUT2D eigenvalue weighted by molar-refractivity contribution is 0.0909. The van der Waals surface area contributed by atoms with Crippen LogP contribution in [-0.2, 0) is 0 Å². The molecule has 2 atom stereocenters. The van der Waals surface area contributed by atoms with Crippen molar-refractivity contribution in [2.45, 2.75) is 37.8 Å². The van der Waals surface area contributed by atoms with Crippen molar-refractivity contribution in [2.75, 3.05) is 13.1 Å². The zero-order valence-electron chi connectivity index (χ0n) is 10.8. The van der Waals surface area contributed by atoms with Gasteiger partial charge in [-0.15, -0.1) is 0 Å². The molecule has 2 saturated heterocycles. The number of piperidine rings is 1. The number of carbonyl (C=O) groups excluding carboxylic acids is 1. The Hall–Kier alpha value is -0.940. The number of halogens is 1. The highest BCUT2D eigenvalue weighted by atomic mass is 79.9. The second-order valence-electron chi connectivity index (χ2n) is 5.30. The summed E-state index contributed by atoms with van der Waals surface area (Å²) in [5.74, 6) is -0.0649. The molecule has 2 aliphatic heterocycles. The van der Waals surface area contributed by atoms with E-state index in [9.17, 15) is 4.79 Å². The van der Waals surface area contributed by atoms with Crippen LogP contribution in [0.3, 0.4) is 0 Å². The Bertz CT molecular complexity index is 480. The van der Waals surface area contributed by atoms with E-state index in [4.69, 9.17) is 0 Å². The standard InChI is InChI=1S/C14H18BrN3O/c15-10-4-3-7-16-13(10)14(19)17-11-6-9-18-8-2-1-5-12(11)18/h3-4,7,11-12H,1-2,5-6,8-9H2,(H,17,19). The number of amides is 1. The Morgan fingerprint density at radius 1 is 1.37 bits per heavy atom. The topological polar surface area (TPSA) is 45.2 Å². The molecule has 1 amide bonds. The number of rotatable bonds is 2. The van der Waals surface area contributed by atoms with Gasteiger partial charge in [0.2, 0.25) is 0 Å². The fraction of sp³-hybridized carbons (Fsp3) is 0.571. The van der Waals surface area contributed by atoms with Crippen LogP contribution in [0.4, 0.5) is 0 Å². The largest absolute Gasteiger partial charge is 0.346 e. The fourth-order valence-corrected chi connectivity index (χ4v) is 3.64. The number of fused-ring (bicyclic) bond motifs is 1. The molecule has 0 aromatic carbocycles. The lowest BCUT2D eigenvalue weighted by Crippen LogP contribution is -2.47. The third-order valence-electron chi connectivity index (χ3n) is 4.15. The van der Waals surface area contributed by atoms with E-state index in [0.717, 1.165) is 17.4 Å². The van der Waals surface area contributed by atoms with Crippen LogP contribution < -0.4 is 5.32 Å². The Morgan fingerprint density at radius 2 is 2.26 bits per heavy atom. The number of hydrogen-bond donors (Lipinski definition) is 1. The summed E-state index contributed by atoms with van der Waals surface area (Å²) in [5.41, 5.74) is 0.483. The molecule has 1 aromatic heterocycles. The first kappa shape index (κ1) is 13.1. The summed E-state index contributed by atoms with van der Waals surface area (Å²) in [5, 5.41) is 3.16. The minimum absolute atomic E-state index is 0.0649. The molecule has 0 aliphatic carbocycles. The summed E-state index contributed by atoms with van der Waals surface area (Å²) in [6.07, 6.45) is 6.49. The zero-order chi connectivity index (χ0) is 13.2. The molecule has 1 aromatic rings. The van der Waals surface area contributed by atoms with Gasteiger partial charge in [0.1, 0.15) is 5.69 Å². The molecule has 5 heteroatoms. The van der Waals surface area contributed by atoms with Crippen molar-refractivity contribution < 1.29 is 4.79 Å². The molecule has 3 rings (SSSR count). The van der Waals surface area contributed by atoms with E-state index in [1.54, 1.807) is 6.20 Å². The summed E-state index contributed by atoms with van der Waals surface area (Å²) in [6.45, 7) is 2.29. The van der Waals surface area contributed by atoms with Gasteiger partial charge >= 0.3 is 0 Å². The fourth-order valence-electron chi connectivity index (χ4n) is 3.21. The summed E-state index contributed by atoms with van der Waals surface area (Å²) in [7, 11) is 0. The van der Waals surface area contributed by atoms with E-state index in [2.05, 4.69) is 31.1 Å². The number of hydrogen-bond acceptors (Lipinski definition) is 3. The lowest BCUT2D eigenvalue weighted by atomic mass is 9.99. The second kappa shape index (κ2) is 5.59. The van der Waals surface area contributed by atoms with Crippen LogP contribution in [0.2, 0.25) is 0 Å². The van der Waals surface area contributed by atoms with E-state index in [0.29, 0.717) is 11.7 Å². The Kier molecular flexibility index (Phi) is 3.84. The normalized spacial score (nSPS) is 27.0. The molecule has 2 fully saturated rings. The quantitative estimate of drug-likeness (QED) is 0.907. The smallest absolute Gasteiger partial charge is 0.271 e. The summed E-state index contributed by atoms with van der Waals surface area (Å²) in [6, 6.07) is 4.48. The SMILES string of the molecule is O=C(NC1CCN2CCCCC12)c1ncccc1Br. The summed E-state index contributed by atoms with van der Waals surface area (Å²) < 4.78 is 0.756. The van der Waals surface area contributed by atoms with Crippen molar-refractivity contribution in [1.29, 1.82) is 0 Å². The van der Waals surface area contributed by atoms with Gasteiger partial charge in [0.25, 0.3) is 5.91 Å². The third-order valence-corrected chi connectivity index (χ3v) is 4.79. The highest BCUT2D eigenvalue weighted by Gasteiger charge is 2.36. The number of carbonyl (C=O) groups is 1. The van der Waals surface area contributed by atoms with Crippen LogP contribution in [0.5, 0.6) is 0 Å². The molecule has 0 saturated carbocycles. The summed E-state index contributed by atoms with van der Waals surface area (Å²) in [4.78, 5) is 18.9. The number of pyridine rings is 1. The zero-order valence-corrected chi connectivity index (χ0v) is 12.4. The van der Waals surface area contributed by atoms with Gasteiger partial charge in [-0.1, -0.05) is 6.42 Å². The van der Waals surface area contributed by atoms with Crippen LogP contribution >= 0.6 is 15.9 Å². The molecule has 102 valence electrons. The van der Waals surface area contributed by atoms with Crippen LogP contribution in [-0.4, -0.2) is 41.0 Å². The molecule has 3 heterocycles.